The summed E-state index contributed by atoms with van der Waals surface area (Å²) in [5.74, 6) is 1.65. The van der Waals surface area contributed by atoms with Crippen LogP contribution in [0.3, 0.4) is 0 Å². The van der Waals surface area contributed by atoms with Gasteiger partial charge in [-0.15, -0.1) is 0 Å². The van der Waals surface area contributed by atoms with Crippen LogP contribution in [0.4, 0.5) is 0 Å². The molecule has 2 N–H and O–H groups in total. The normalized spacial score (nSPS) is 14.2. The Morgan fingerprint density at radius 1 is 1.27 bits per heavy atom. The van der Waals surface area contributed by atoms with Crippen molar-refractivity contribution >= 4 is 11.9 Å². The van der Waals surface area contributed by atoms with E-state index in [1.807, 2.05) is 24.3 Å². The van der Waals surface area contributed by atoms with Crippen molar-refractivity contribution in [3.63, 3.8) is 0 Å². The average Bonchev–Trinajstić information content (AvgIpc) is 3.46. The summed E-state index contributed by atoms with van der Waals surface area (Å²) >= 11 is 0. The zero-order chi connectivity index (χ0) is 18.8. The van der Waals surface area contributed by atoms with Crippen molar-refractivity contribution in [1.82, 2.24) is 15.5 Å². The van der Waals surface area contributed by atoms with Crippen LogP contribution in [-0.2, 0) is 11.2 Å². The van der Waals surface area contributed by atoms with Crippen LogP contribution in [0.15, 0.2) is 29.3 Å². The average molecular weight is 361 g/mol. The predicted molar refractivity (Wildman–Crippen MR) is 106 cm³/mol. The summed E-state index contributed by atoms with van der Waals surface area (Å²) in [6.45, 7) is 3.32. The smallest absolute Gasteiger partial charge is 0.253 e. The molecule has 0 aliphatic heterocycles. The summed E-state index contributed by atoms with van der Waals surface area (Å²) < 4.78 is 5.63. The molecule has 1 aromatic rings. The van der Waals surface area contributed by atoms with Crippen molar-refractivity contribution < 1.29 is 9.53 Å². The lowest BCUT2D eigenvalue weighted by Crippen LogP contribution is -2.39. The molecule has 1 aliphatic rings. The first-order valence-corrected chi connectivity index (χ1v) is 9.43. The van der Waals surface area contributed by atoms with E-state index in [9.17, 15) is 4.79 Å². The molecule has 6 heteroatoms. The van der Waals surface area contributed by atoms with E-state index < -0.39 is 0 Å². The minimum absolute atomic E-state index is 0.0289. The van der Waals surface area contributed by atoms with E-state index in [2.05, 4.69) is 15.6 Å². The van der Waals surface area contributed by atoms with E-state index in [0.717, 1.165) is 62.1 Å². The highest BCUT2D eigenvalue weighted by atomic mass is 16.5. The van der Waals surface area contributed by atoms with E-state index >= 15 is 0 Å². The number of nitrogens with zero attached hydrogens (tertiary/aromatic N) is 2. The third kappa shape index (κ3) is 7.44. The molecule has 2 rings (SSSR count). The molecule has 1 amide bonds. The maximum absolute atomic E-state index is 12.0. The quantitative estimate of drug-likeness (QED) is 0.380. The largest absolute Gasteiger partial charge is 0.381 e. The molecule has 1 saturated carbocycles. The van der Waals surface area contributed by atoms with Crippen LogP contribution in [0.2, 0.25) is 0 Å². The third-order valence-corrected chi connectivity index (χ3v) is 4.32. The molecule has 26 heavy (non-hydrogen) atoms. The van der Waals surface area contributed by atoms with Crippen LogP contribution in [0.1, 0.15) is 35.2 Å². The van der Waals surface area contributed by atoms with Crippen LogP contribution in [0.25, 0.3) is 0 Å². The number of nitrogens with one attached hydrogen (secondary N) is 2. The van der Waals surface area contributed by atoms with Gasteiger partial charge < -0.3 is 20.3 Å². The van der Waals surface area contributed by atoms with Crippen LogP contribution in [0.5, 0.6) is 0 Å². The van der Waals surface area contributed by atoms with E-state index in [-0.39, 0.29) is 5.91 Å². The van der Waals surface area contributed by atoms with Gasteiger partial charge in [0.1, 0.15) is 0 Å². The first-order valence-electron chi connectivity index (χ1n) is 9.43. The van der Waals surface area contributed by atoms with Gasteiger partial charge in [-0.05, 0) is 49.3 Å². The summed E-state index contributed by atoms with van der Waals surface area (Å²) in [7, 11) is 5.31. The number of rotatable bonds is 10. The van der Waals surface area contributed by atoms with E-state index in [1.54, 1.807) is 26.0 Å². The van der Waals surface area contributed by atoms with Gasteiger partial charge in [-0.1, -0.05) is 12.1 Å². The fourth-order valence-electron chi connectivity index (χ4n) is 2.58. The summed E-state index contributed by atoms with van der Waals surface area (Å²) in [4.78, 5) is 17.9. The van der Waals surface area contributed by atoms with E-state index in [1.165, 1.54) is 12.8 Å². The lowest BCUT2D eigenvalue weighted by molar-refractivity contribution is 0.0827. The lowest BCUT2D eigenvalue weighted by atomic mass is 10.1. The number of aliphatic imine (C=N–C) groups is 1. The minimum Gasteiger partial charge on any atom is -0.381 e. The van der Waals surface area contributed by atoms with Crippen LogP contribution < -0.4 is 10.6 Å². The topological polar surface area (TPSA) is 66.0 Å². The third-order valence-electron chi connectivity index (χ3n) is 4.32. The summed E-state index contributed by atoms with van der Waals surface area (Å²) in [5, 5.41) is 6.61. The zero-order valence-electron chi connectivity index (χ0n) is 16.3. The summed E-state index contributed by atoms with van der Waals surface area (Å²) in [6, 6.07) is 7.78. The van der Waals surface area contributed by atoms with Gasteiger partial charge in [0.15, 0.2) is 5.96 Å². The van der Waals surface area contributed by atoms with Crippen molar-refractivity contribution in [2.75, 3.05) is 47.4 Å². The highest BCUT2D eigenvalue weighted by molar-refractivity contribution is 5.94. The van der Waals surface area contributed by atoms with Gasteiger partial charge in [0.2, 0.25) is 0 Å². The summed E-state index contributed by atoms with van der Waals surface area (Å²) in [6.07, 6.45) is 4.48. The first kappa shape index (κ1) is 20.2. The van der Waals surface area contributed by atoms with Gasteiger partial charge in [0, 0.05) is 53.0 Å². The number of carbonyl (C=O) groups excluding carboxylic acids is 1. The van der Waals surface area contributed by atoms with Crippen molar-refractivity contribution in [1.29, 1.82) is 0 Å². The number of ether oxygens (including phenoxy) is 1. The maximum atomic E-state index is 12.0. The maximum Gasteiger partial charge on any atom is 0.253 e. The second kappa shape index (κ2) is 10.8. The molecular formula is C20H32N4O2. The predicted octanol–water partition coefficient (Wildman–Crippen LogP) is 1.91. The standard InChI is InChI=1S/C20H32N4O2/c1-21-20(22-11-5-13-26-15-17-8-9-17)23-12-10-16-6-4-7-18(14-16)19(25)24(2)3/h4,6-7,14,17H,5,8-13,15H2,1-3H3,(H2,21,22,23). The van der Waals surface area contributed by atoms with Crippen molar-refractivity contribution in [2.24, 2.45) is 10.9 Å². The number of carbonyl (C=O) groups is 1. The molecule has 1 fully saturated rings. The Bertz CT molecular complexity index is 597. The number of hydrogen-bond donors (Lipinski definition) is 2. The van der Waals surface area contributed by atoms with E-state index in [4.69, 9.17) is 4.74 Å². The Labute approximate surface area is 157 Å². The molecule has 0 unspecified atom stereocenters. The Morgan fingerprint density at radius 3 is 2.73 bits per heavy atom. The number of hydrogen-bond acceptors (Lipinski definition) is 3. The Morgan fingerprint density at radius 2 is 2.04 bits per heavy atom. The van der Waals surface area contributed by atoms with Crippen LogP contribution >= 0.6 is 0 Å². The molecule has 0 spiro atoms. The van der Waals surface area contributed by atoms with Crippen LogP contribution in [0, 0.1) is 5.92 Å². The van der Waals surface area contributed by atoms with Gasteiger partial charge in [-0.2, -0.15) is 0 Å². The molecule has 1 aromatic carbocycles. The van der Waals surface area contributed by atoms with Crippen molar-refractivity contribution in [3.8, 4) is 0 Å². The van der Waals surface area contributed by atoms with Crippen molar-refractivity contribution in [3.05, 3.63) is 35.4 Å². The van der Waals surface area contributed by atoms with Crippen LogP contribution in [-0.4, -0.2) is 64.2 Å². The molecule has 0 bridgehead atoms. The Hall–Kier alpha value is -2.08. The number of benzene rings is 1. The highest BCUT2D eigenvalue weighted by Crippen LogP contribution is 2.28. The lowest BCUT2D eigenvalue weighted by Gasteiger charge is -2.13. The van der Waals surface area contributed by atoms with Gasteiger partial charge in [0.05, 0.1) is 0 Å². The minimum atomic E-state index is 0.0289. The van der Waals surface area contributed by atoms with E-state index in [0.29, 0.717) is 0 Å². The van der Waals surface area contributed by atoms with Gasteiger partial charge >= 0.3 is 0 Å². The van der Waals surface area contributed by atoms with Gasteiger partial charge in [-0.25, -0.2) is 0 Å². The van der Waals surface area contributed by atoms with Gasteiger partial charge in [0.25, 0.3) is 5.91 Å². The molecule has 0 aromatic heterocycles. The number of guanidine groups is 1. The zero-order valence-corrected chi connectivity index (χ0v) is 16.3. The SMILES string of the molecule is CN=C(NCCCOCC1CC1)NCCc1cccc(C(=O)N(C)C)c1. The molecule has 0 saturated heterocycles. The second-order valence-corrected chi connectivity index (χ2v) is 6.95. The fraction of sp³-hybridized carbons (Fsp3) is 0.600. The Kier molecular flexibility index (Phi) is 8.41. The molecule has 6 nitrogen and oxygen atoms in total. The molecule has 0 heterocycles. The monoisotopic (exact) mass is 360 g/mol. The fourth-order valence-corrected chi connectivity index (χ4v) is 2.58. The highest BCUT2D eigenvalue weighted by Gasteiger charge is 2.20. The Balaban J connectivity index is 1.63. The number of amides is 1. The molecule has 0 radical (unpaired) electrons. The van der Waals surface area contributed by atoms with Gasteiger partial charge in [-0.3, -0.25) is 9.79 Å². The molecule has 144 valence electrons. The first-order chi connectivity index (χ1) is 12.6. The van der Waals surface area contributed by atoms with Crippen molar-refractivity contribution in [2.45, 2.75) is 25.7 Å². The second-order valence-electron chi connectivity index (χ2n) is 6.95. The molecule has 0 atom stereocenters. The summed E-state index contributed by atoms with van der Waals surface area (Å²) in [5.41, 5.74) is 1.86. The molecular weight excluding hydrogens is 328 g/mol. The molecule has 1 aliphatic carbocycles.